The molecule has 0 amide bonds. The molecule has 1 heterocycles. The summed E-state index contributed by atoms with van der Waals surface area (Å²) in [5.74, 6) is 0. The van der Waals surface area contributed by atoms with Crippen molar-refractivity contribution in [3.05, 3.63) is 29.5 Å². The fourth-order valence-electron chi connectivity index (χ4n) is 2.18. The van der Waals surface area contributed by atoms with Crippen LogP contribution in [0.4, 0.5) is 0 Å². The average molecular weight is 231 g/mol. The predicted octanol–water partition coefficient (Wildman–Crippen LogP) is 2.37. The highest BCUT2D eigenvalue weighted by atomic mass is 15.3. The highest BCUT2D eigenvalue weighted by Gasteiger charge is 2.21. The fourth-order valence-corrected chi connectivity index (χ4v) is 2.18. The summed E-state index contributed by atoms with van der Waals surface area (Å²) in [6.07, 6.45) is 0.923. The number of nitrogens with zero attached hydrogens (tertiary/aromatic N) is 2. The normalized spacial score (nSPS) is 12.3. The van der Waals surface area contributed by atoms with E-state index in [0.717, 1.165) is 12.1 Å². The van der Waals surface area contributed by atoms with E-state index >= 15 is 0 Å². The molecular weight excluding hydrogens is 210 g/mol. The second-order valence-electron chi connectivity index (χ2n) is 5.61. The van der Waals surface area contributed by atoms with Gasteiger partial charge in [-0.05, 0) is 24.6 Å². The molecule has 92 valence electrons. The van der Waals surface area contributed by atoms with Crippen LogP contribution in [0.25, 0.3) is 10.9 Å². The number of rotatable bonds is 2. The summed E-state index contributed by atoms with van der Waals surface area (Å²) in [6.45, 7) is 7.28. The molecule has 3 heteroatoms. The van der Waals surface area contributed by atoms with Crippen molar-refractivity contribution in [2.75, 3.05) is 6.54 Å². The quantitative estimate of drug-likeness (QED) is 0.862. The van der Waals surface area contributed by atoms with E-state index in [0.29, 0.717) is 6.54 Å². The Balaban J connectivity index is 2.61. The molecule has 0 aliphatic carbocycles. The highest BCUT2D eigenvalue weighted by Crippen LogP contribution is 2.29. The van der Waals surface area contributed by atoms with Crippen LogP contribution in [0.5, 0.6) is 0 Å². The molecule has 0 saturated carbocycles. The molecule has 2 N–H and O–H groups in total. The molecule has 2 rings (SSSR count). The molecule has 0 unspecified atom stereocenters. The Morgan fingerprint density at radius 2 is 2.00 bits per heavy atom. The molecule has 0 aliphatic rings. The maximum atomic E-state index is 5.59. The first-order valence-electron chi connectivity index (χ1n) is 6.09. The summed E-state index contributed by atoms with van der Waals surface area (Å²) in [5.41, 5.74) is 9.31. The van der Waals surface area contributed by atoms with E-state index < -0.39 is 0 Å². The van der Waals surface area contributed by atoms with Crippen molar-refractivity contribution in [1.29, 1.82) is 0 Å². The minimum Gasteiger partial charge on any atom is -0.330 e. The van der Waals surface area contributed by atoms with Crippen LogP contribution in [0.1, 0.15) is 32.0 Å². The van der Waals surface area contributed by atoms with Gasteiger partial charge in [-0.15, -0.1) is 0 Å². The van der Waals surface area contributed by atoms with E-state index in [2.05, 4.69) is 44.1 Å². The zero-order valence-electron chi connectivity index (χ0n) is 11.1. The predicted molar refractivity (Wildman–Crippen MR) is 72.2 cm³/mol. The van der Waals surface area contributed by atoms with Crippen LogP contribution < -0.4 is 5.73 Å². The Bertz CT molecular complexity index is 532. The molecular formula is C14H21N3. The number of aryl methyl sites for hydroxylation is 1. The molecule has 0 saturated heterocycles. The fraction of sp³-hybridized carbons (Fsp3) is 0.500. The molecule has 17 heavy (non-hydrogen) atoms. The molecule has 0 aliphatic heterocycles. The van der Waals surface area contributed by atoms with Crippen molar-refractivity contribution < 1.29 is 0 Å². The number of nitrogens with two attached hydrogens (primary N) is 1. The number of fused-ring (bicyclic) bond motifs is 1. The van der Waals surface area contributed by atoms with Crippen molar-refractivity contribution in [2.24, 2.45) is 12.8 Å². The summed E-state index contributed by atoms with van der Waals surface area (Å²) < 4.78 is 1.97. The summed E-state index contributed by atoms with van der Waals surface area (Å²) in [6, 6.07) is 6.53. The molecule has 0 atom stereocenters. The van der Waals surface area contributed by atoms with Gasteiger partial charge in [-0.25, -0.2) is 0 Å². The van der Waals surface area contributed by atoms with Crippen LogP contribution in [-0.2, 0) is 18.9 Å². The minimum atomic E-state index is 0.0783. The van der Waals surface area contributed by atoms with Gasteiger partial charge >= 0.3 is 0 Å². The Morgan fingerprint density at radius 3 is 2.59 bits per heavy atom. The van der Waals surface area contributed by atoms with E-state index in [4.69, 9.17) is 5.73 Å². The lowest BCUT2D eigenvalue weighted by Gasteiger charge is -2.15. The zero-order chi connectivity index (χ0) is 12.6. The highest BCUT2D eigenvalue weighted by molar-refractivity contribution is 5.83. The molecule has 0 bridgehead atoms. The minimum absolute atomic E-state index is 0.0783. The maximum Gasteiger partial charge on any atom is 0.0756 e. The Hall–Kier alpha value is -1.35. The number of hydrogen-bond acceptors (Lipinski definition) is 2. The number of aromatic nitrogens is 2. The van der Waals surface area contributed by atoms with Gasteiger partial charge in [-0.1, -0.05) is 32.9 Å². The first kappa shape index (κ1) is 12.1. The lowest BCUT2D eigenvalue weighted by molar-refractivity contribution is 0.558. The van der Waals surface area contributed by atoms with Crippen LogP contribution in [-0.4, -0.2) is 16.3 Å². The van der Waals surface area contributed by atoms with Crippen molar-refractivity contribution in [3.63, 3.8) is 0 Å². The van der Waals surface area contributed by atoms with E-state index in [1.54, 1.807) is 0 Å². The summed E-state index contributed by atoms with van der Waals surface area (Å²) >= 11 is 0. The summed E-state index contributed by atoms with van der Waals surface area (Å²) in [5, 5.41) is 5.90. The van der Waals surface area contributed by atoms with Crippen LogP contribution >= 0.6 is 0 Å². The number of benzene rings is 1. The Kier molecular flexibility index (Phi) is 2.96. The van der Waals surface area contributed by atoms with Gasteiger partial charge in [0, 0.05) is 17.8 Å². The lowest BCUT2D eigenvalue weighted by Crippen LogP contribution is -2.12. The van der Waals surface area contributed by atoms with Gasteiger partial charge < -0.3 is 5.73 Å². The molecule has 0 fully saturated rings. The smallest absolute Gasteiger partial charge is 0.0756 e. The van der Waals surface area contributed by atoms with E-state index in [9.17, 15) is 0 Å². The second kappa shape index (κ2) is 4.15. The third kappa shape index (κ3) is 2.20. The molecule has 0 spiro atoms. The zero-order valence-corrected chi connectivity index (χ0v) is 11.1. The van der Waals surface area contributed by atoms with Crippen LogP contribution in [0.15, 0.2) is 18.2 Å². The summed E-state index contributed by atoms with van der Waals surface area (Å²) in [4.78, 5) is 0. The van der Waals surface area contributed by atoms with Gasteiger partial charge in [-0.3, -0.25) is 4.68 Å². The molecule has 0 radical (unpaired) electrons. The van der Waals surface area contributed by atoms with E-state index in [1.165, 1.54) is 16.5 Å². The Morgan fingerprint density at radius 1 is 1.29 bits per heavy atom. The van der Waals surface area contributed by atoms with Gasteiger partial charge in [0.25, 0.3) is 0 Å². The Labute approximate surface area is 103 Å². The van der Waals surface area contributed by atoms with E-state index in [1.807, 2.05) is 11.7 Å². The van der Waals surface area contributed by atoms with Crippen molar-refractivity contribution in [3.8, 4) is 0 Å². The van der Waals surface area contributed by atoms with Crippen molar-refractivity contribution in [2.45, 2.75) is 32.6 Å². The van der Waals surface area contributed by atoms with Crippen molar-refractivity contribution >= 4 is 10.9 Å². The first-order valence-corrected chi connectivity index (χ1v) is 6.09. The first-order chi connectivity index (χ1) is 7.93. The SMILES string of the molecule is Cn1nc(C(C)(C)C)c2ccc(CCN)cc21. The van der Waals surface area contributed by atoms with Crippen LogP contribution in [0.2, 0.25) is 0 Å². The number of hydrogen-bond donors (Lipinski definition) is 1. The van der Waals surface area contributed by atoms with Gasteiger partial charge in [0.05, 0.1) is 11.2 Å². The van der Waals surface area contributed by atoms with Crippen LogP contribution in [0.3, 0.4) is 0 Å². The lowest BCUT2D eigenvalue weighted by atomic mass is 9.89. The summed E-state index contributed by atoms with van der Waals surface area (Å²) in [7, 11) is 2.00. The molecule has 1 aromatic heterocycles. The molecule has 1 aromatic carbocycles. The molecule has 3 nitrogen and oxygen atoms in total. The average Bonchev–Trinajstić information content (AvgIpc) is 2.56. The van der Waals surface area contributed by atoms with Gasteiger partial charge in [0.15, 0.2) is 0 Å². The third-order valence-electron chi connectivity index (χ3n) is 3.06. The van der Waals surface area contributed by atoms with Crippen LogP contribution in [0, 0.1) is 0 Å². The maximum absolute atomic E-state index is 5.59. The largest absolute Gasteiger partial charge is 0.330 e. The van der Waals surface area contributed by atoms with Gasteiger partial charge in [0.1, 0.15) is 0 Å². The topological polar surface area (TPSA) is 43.8 Å². The standard InChI is InChI=1S/C14H21N3/c1-14(2,3)13-11-6-5-10(7-8-15)9-12(11)17(4)16-13/h5-6,9H,7-8,15H2,1-4H3. The van der Waals surface area contributed by atoms with Gasteiger partial charge in [-0.2, -0.15) is 5.10 Å². The van der Waals surface area contributed by atoms with E-state index in [-0.39, 0.29) is 5.41 Å². The monoisotopic (exact) mass is 231 g/mol. The second-order valence-corrected chi connectivity index (χ2v) is 5.61. The molecule has 2 aromatic rings. The van der Waals surface area contributed by atoms with Gasteiger partial charge in [0.2, 0.25) is 0 Å². The third-order valence-corrected chi connectivity index (χ3v) is 3.06. The van der Waals surface area contributed by atoms with Crippen molar-refractivity contribution in [1.82, 2.24) is 9.78 Å².